The Hall–Kier alpha value is -2.26. The third-order valence-corrected chi connectivity index (χ3v) is 1.62. The van der Waals surface area contributed by atoms with E-state index in [1.807, 2.05) is 6.07 Å². The van der Waals surface area contributed by atoms with E-state index in [2.05, 4.69) is 16.6 Å². The SMILES string of the molecule is CCOC(=O)C#Cc1ccccc1C#N. The average molecular weight is 199 g/mol. The van der Waals surface area contributed by atoms with E-state index in [1.54, 1.807) is 31.2 Å². The summed E-state index contributed by atoms with van der Waals surface area (Å²) in [7, 11) is 0. The van der Waals surface area contributed by atoms with Gasteiger partial charge in [0.15, 0.2) is 0 Å². The van der Waals surface area contributed by atoms with Crippen LogP contribution in [0, 0.1) is 23.2 Å². The summed E-state index contributed by atoms with van der Waals surface area (Å²) in [5.74, 6) is 4.34. The van der Waals surface area contributed by atoms with Gasteiger partial charge in [0, 0.05) is 11.5 Å². The second kappa shape index (κ2) is 5.47. The first-order valence-corrected chi connectivity index (χ1v) is 4.45. The number of ether oxygens (including phenoxy) is 1. The molecule has 0 aliphatic carbocycles. The molecule has 1 aromatic rings. The van der Waals surface area contributed by atoms with E-state index in [-0.39, 0.29) is 0 Å². The third-order valence-electron chi connectivity index (χ3n) is 1.62. The summed E-state index contributed by atoms with van der Waals surface area (Å²) >= 11 is 0. The molecule has 0 N–H and O–H groups in total. The van der Waals surface area contributed by atoms with Crippen LogP contribution in [0.1, 0.15) is 18.1 Å². The van der Waals surface area contributed by atoms with E-state index in [4.69, 9.17) is 5.26 Å². The fourth-order valence-corrected chi connectivity index (χ4v) is 0.975. The van der Waals surface area contributed by atoms with Crippen molar-refractivity contribution in [1.29, 1.82) is 5.26 Å². The molecule has 3 heteroatoms. The molecule has 0 unspecified atom stereocenters. The number of esters is 1. The van der Waals surface area contributed by atoms with Gasteiger partial charge in [-0.1, -0.05) is 18.1 Å². The third kappa shape index (κ3) is 3.17. The van der Waals surface area contributed by atoms with E-state index < -0.39 is 5.97 Å². The number of carbonyl (C=O) groups is 1. The fraction of sp³-hybridized carbons (Fsp3) is 0.167. The first-order valence-electron chi connectivity index (χ1n) is 4.45. The molecule has 74 valence electrons. The molecular weight excluding hydrogens is 190 g/mol. The van der Waals surface area contributed by atoms with Crippen LogP contribution in [0.2, 0.25) is 0 Å². The second-order valence-corrected chi connectivity index (χ2v) is 2.63. The topological polar surface area (TPSA) is 50.1 Å². The lowest BCUT2D eigenvalue weighted by molar-refractivity contribution is -0.136. The van der Waals surface area contributed by atoms with Gasteiger partial charge in [0.05, 0.1) is 12.2 Å². The molecule has 0 aromatic heterocycles. The Labute approximate surface area is 88.3 Å². The molecule has 0 heterocycles. The summed E-state index contributed by atoms with van der Waals surface area (Å²) in [5.41, 5.74) is 0.988. The molecule has 0 fully saturated rings. The summed E-state index contributed by atoms with van der Waals surface area (Å²) < 4.78 is 4.64. The van der Waals surface area contributed by atoms with Gasteiger partial charge < -0.3 is 4.74 Å². The minimum Gasteiger partial charge on any atom is -0.456 e. The summed E-state index contributed by atoms with van der Waals surface area (Å²) in [6.07, 6.45) is 0. The molecule has 0 radical (unpaired) electrons. The molecule has 1 rings (SSSR count). The predicted molar refractivity (Wildman–Crippen MR) is 54.7 cm³/mol. The van der Waals surface area contributed by atoms with Crippen molar-refractivity contribution in [3.63, 3.8) is 0 Å². The highest BCUT2D eigenvalue weighted by Gasteiger charge is 1.97. The van der Waals surface area contributed by atoms with Crippen LogP contribution >= 0.6 is 0 Å². The zero-order valence-corrected chi connectivity index (χ0v) is 8.28. The number of rotatable bonds is 1. The Bertz CT molecular complexity index is 460. The molecule has 0 saturated carbocycles. The fourth-order valence-electron chi connectivity index (χ4n) is 0.975. The van der Waals surface area contributed by atoms with Crippen molar-refractivity contribution in [2.75, 3.05) is 6.61 Å². The summed E-state index contributed by atoms with van der Waals surface area (Å²) in [4.78, 5) is 10.9. The molecule has 0 saturated heterocycles. The number of nitriles is 1. The van der Waals surface area contributed by atoms with Crippen LogP contribution in [0.4, 0.5) is 0 Å². The smallest absolute Gasteiger partial charge is 0.384 e. The maximum absolute atomic E-state index is 10.9. The van der Waals surface area contributed by atoms with Crippen LogP contribution in [-0.4, -0.2) is 12.6 Å². The maximum Gasteiger partial charge on any atom is 0.384 e. The first kappa shape index (κ1) is 10.8. The lowest BCUT2D eigenvalue weighted by atomic mass is 10.1. The summed E-state index contributed by atoms with van der Waals surface area (Å²) in [6.45, 7) is 2.01. The first-order chi connectivity index (χ1) is 7.27. The molecule has 3 nitrogen and oxygen atoms in total. The Morgan fingerprint density at radius 3 is 2.67 bits per heavy atom. The highest BCUT2D eigenvalue weighted by molar-refractivity contribution is 5.89. The molecule has 0 aliphatic heterocycles. The van der Waals surface area contributed by atoms with Crippen molar-refractivity contribution in [3.05, 3.63) is 35.4 Å². The molecule has 1 aromatic carbocycles. The molecule has 0 atom stereocenters. The Morgan fingerprint density at radius 2 is 2.07 bits per heavy atom. The van der Waals surface area contributed by atoms with Crippen molar-refractivity contribution in [3.8, 4) is 17.9 Å². The minimum absolute atomic E-state index is 0.299. The Balaban J connectivity index is 2.89. The van der Waals surface area contributed by atoms with Gasteiger partial charge in [0.2, 0.25) is 0 Å². The normalized spacial score (nSPS) is 8.27. The van der Waals surface area contributed by atoms with Crippen molar-refractivity contribution in [2.45, 2.75) is 6.92 Å². The highest BCUT2D eigenvalue weighted by Crippen LogP contribution is 2.04. The molecule has 0 amide bonds. The number of hydrogen-bond donors (Lipinski definition) is 0. The molecule has 0 bridgehead atoms. The van der Waals surface area contributed by atoms with E-state index >= 15 is 0 Å². The van der Waals surface area contributed by atoms with Crippen molar-refractivity contribution >= 4 is 5.97 Å². The summed E-state index contributed by atoms with van der Waals surface area (Å²) in [6, 6.07) is 8.83. The average Bonchev–Trinajstić information content (AvgIpc) is 2.27. The number of carbonyl (C=O) groups excluding carboxylic acids is 1. The lowest BCUT2D eigenvalue weighted by Crippen LogP contribution is -1.99. The van der Waals surface area contributed by atoms with Crippen LogP contribution < -0.4 is 0 Å². The number of benzene rings is 1. The Kier molecular flexibility index (Phi) is 3.94. The number of hydrogen-bond acceptors (Lipinski definition) is 3. The summed E-state index contributed by atoms with van der Waals surface area (Å²) in [5, 5.41) is 8.75. The highest BCUT2D eigenvalue weighted by atomic mass is 16.5. The zero-order chi connectivity index (χ0) is 11.1. The zero-order valence-electron chi connectivity index (χ0n) is 8.28. The standard InChI is InChI=1S/C12H9NO2/c1-2-15-12(14)8-7-10-5-3-4-6-11(10)9-13/h3-6H,2H2,1H3. The van der Waals surface area contributed by atoms with Gasteiger partial charge in [0.25, 0.3) is 0 Å². The van der Waals surface area contributed by atoms with Crippen molar-refractivity contribution in [1.82, 2.24) is 0 Å². The Morgan fingerprint density at radius 1 is 1.40 bits per heavy atom. The van der Waals surface area contributed by atoms with Crippen LogP contribution in [0.25, 0.3) is 0 Å². The van der Waals surface area contributed by atoms with Gasteiger partial charge in [-0.3, -0.25) is 0 Å². The van der Waals surface area contributed by atoms with Gasteiger partial charge in [0.1, 0.15) is 6.07 Å². The molecule has 15 heavy (non-hydrogen) atoms. The van der Waals surface area contributed by atoms with Gasteiger partial charge in [-0.2, -0.15) is 5.26 Å². The minimum atomic E-state index is -0.578. The van der Waals surface area contributed by atoms with E-state index in [9.17, 15) is 4.79 Å². The quantitative estimate of drug-likeness (QED) is 0.508. The van der Waals surface area contributed by atoms with Crippen LogP contribution in [0.15, 0.2) is 24.3 Å². The van der Waals surface area contributed by atoms with E-state index in [0.29, 0.717) is 17.7 Å². The maximum atomic E-state index is 10.9. The predicted octanol–water partition coefficient (Wildman–Crippen LogP) is 1.47. The molecular formula is C12H9NO2. The lowest BCUT2D eigenvalue weighted by Gasteiger charge is -1.93. The van der Waals surface area contributed by atoms with Crippen LogP contribution in [0.3, 0.4) is 0 Å². The molecule has 0 aliphatic rings. The van der Waals surface area contributed by atoms with E-state index in [0.717, 1.165) is 0 Å². The van der Waals surface area contributed by atoms with Crippen molar-refractivity contribution < 1.29 is 9.53 Å². The molecule has 0 spiro atoms. The van der Waals surface area contributed by atoms with Crippen molar-refractivity contribution in [2.24, 2.45) is 0 Å². The van der Waals surface area contributed by atoms with Gasteiger partial charge >= 0.3 is 5.97 Å². The van der Waals surface area contributed by atoms with Gasteiger partial charge in [-0.25, -0.2) is 4.79 Å². The van der Waals surface area contributed by atoms with Crippen LogP contribution in [-0.2, 0) is 9.53 Å². The van der Waals surface area contributed by atoms with Crippen LogP contribution in [0.5, 0.6) is 0 Å². The van der Waals surface area contributed by atoms with Gasteiger partial charge in [-0.05, 0) is 19.1 Å². The van der Waals surface area contributed by atoms with Gasteiger partial charge in [-0.15, -0.1) is 0 Å². The monoisotopic (exact) mass is 199 g/mol. The largest absolute Gasteiger partial charge is 0.456 e. The van der Waals surface area contributed by atoms with E-state index in [1.165, 1.54) is 0 Å². The second-order valence-electron chi connectivity index (χ2n) is 2.63. The number of nitrogens with zero attached hydrogens (tertiary/aromatic N) is 1.